The molecule has 0 spiro atoms. The first-order chi connectivity index (χ1) is 9.79. The minimum atomic E-state index is -0.443. The average molecular weight is 269 g/mol. The SMILES string of the molecule is CCC(Cc1ccccc1)NC[C@H](O)c1ccccc1. The van der Waals surface area contributed by atoms with Crippen LogP contribution in [0.5, 0.6) is 0 Å². The van der Waals surface area contributed by atoms with Crippen molar-refractivity contribution in [3.05, 3.63) is 71.8 Å². The van der Waals surface area contributed by atoms with Crippen molar-refractivity contribution >= 4 is 0 Å². The Kier molecular flexibility index (Phi) is 5.78. The third-order valence-corrected chi connectivity index (χ3v) is 3.60. The fraction of sp³-hybridized carbons (Fsp3) is 0.333. The maximum Gasteiger partial charge on any atom is 0.0914 e. The molecule has 2 heteroatoms. The summed E-state index contributed by atoms with van der Waals surface area (Å²) in [4.78, 5) is 0. The predicted octanol–water partition coefficient (Wildman–Crippen LogP) is 3.33. The van der Waals surface area contributed by atoms with Crippen LogP contribution in [-0.2, 0) is 6.42 Å². The summed E-state index contributed by atoms with van der Waals surface area (Å²) < 4.78 is 0. The highest BCUT2D eigenvalue weighted by molar-refractivity contribution is 5.18. The van der Waals surface area contributed by atoms with Crippen LogP contribution in [0.1, 0.15) is 30.6 Å². The Labute approximate surface area is 121 Å². The number of rotatable bonds is 7. The van der Waals surface area contributed by atoms with Crippen LogP contribution in [0.3, 0.4) is 0 Å². The Morgan fingerprint density at radius 3 is 2.15 bits per heavy atom. The van der Waals surface area contributed by atoms with E-state index in [1.54, 1.807) is 0 Å². The number of hydrogen-bond acceptors (Lipinski definition) is 2. The zero-order valence-electron chi connectivity index (χ0n) is 12.0. The van der Waals surface area contributed by atoms with Crippen LogP contribution in [0.15, 0.2) is 60.7 Å². The molecule has 0 saturated carbocycles. The molecule has 0 aliphatic heterocycles. The summed E-state index contributed by atoms with van der Waals surface area (Å²) in [5.41, 5.74) is 2.30. The van der Waals surface area contributed by atoms with E-state index in [-0.39, 0.29) is 0 Å². The molecule has 0 heterocycles. The van der Waals surface area contributed by atoms with Crippen LogP contribution in [0, 0.1) is 0 Å². The van der Waals surface area contributed by atoms with Gasteiger partial charge in [0.2, 0.25) is 0 Å². The van der Waals surface area contributed by atoms with E-state index in [0.717, 1.165) is 18.4 Å². The Bertz CT molecular complexity index is 483. The monoisotopic (exact) mass is 269 g/mol. The van der Waals surface area contributed by atoms with Crippen LogP contribution in [0.2, 0.25) is 0 Å². The summed E-state index contributed by atoms with van der Waals surface area (Å²) in [7, 11) is 0. The molecule has 2 nitrogen and oxygen atoms in total. The molecular weight excluding hydrogens is 246 g/mol. The largest absolute Gasteiger partial charge is 0.387 e. The van der Waals surface area contributed by atoms with Crippen LogP contribution >= 0.6 is 0 Å². The third kappa shape index (κ3) is 4.48. The summed E-state index contributed by atoms with van der Waals surface area (Å²) in [5, 5.41) is 13.6. The second kappa shape index (κ2) is 7.83. The smallest absolute Gasteiger partial charge is 0.0914 e. The zero-order valence-corrected chi connectivity index (χ0v) is 12.0. The van der Waals surface area contributed by atoms with E-state index in [9.17, 15) is 5.11 Å². The number of nitrogens with one attached hydrogen (secondary N) is 1. The van der Waals surface area contributed by atoms with E-state index < -0.39 is 6.10 Å². The molecule has 2 aromatic rings. The standard InChI is InChI=1S/C18H23NO/c1-2-17(13-15-9-5-3-6-10-15)19-14-18(20)16-11-7-4-8-12-16/h3-12,17-20H,2,13-14H2,1H3/t17?,18-/m0/s1. The van der Waals surface area contributed by atoms with Crippen LogP contribution in [0.4, 0.5) is 0 Å². The maximum absolute atomic E-state index is 10.2. The predicted molar refractivity (Wildman–Crippen MR) is 83.6 cm³/mol. The molecular formula is C18H23NO. The Balaban J connectivity index is 1.85. The third-order valence-electron chi connectivity index (χ3n) is 3.60. The lowest BCUT2D eigenvalue weighted by Gasteiger charge is -2.20. The van der Waals surface area contributed by atoms with Gasteiger partial charge in [-0.1, -0.05) is 67.6 Å². The van der Waals surface area contributed by atoms with Gasteiger partial charge in [-0.2, -0.15) is 0 Å². The van der Waals surface area contributed by atoms with Crippen LogP contribution in [0.25, 0.3) is 0 Å². The molecule has 0 aromatic heterocycles. The normalized spacial score (nSPS) is 13.9. The fourth-order valence-corrected chi connectivity index (χ4v) is 2.33. The van der Waals surface area contributed by atoms with Crippen molar-refractivity contribution in [3.63, 3.8) is 0 Å². The van der Waals surface area contributed by atoms with Crippen LogP contribution in [-0.4, -0.2) is 17.7 Å². The van der Waals surface area contributed by atoms with Gasteiger partial charge >= 0.3 is 0 Å². The topological polar surface area (TPSA) is 32.3 Å². The number of aliphatic hydroxyl groups is 1. The van der Waals surface area contributed by atoms with Crippen molar-refractivity contribution in [3.8, 4) is 0 Å². The minimum absolute atomic E-state index is 0.399. The Hall–Kier alpha value is -1.64. The highest BCUT2D eigenvalue weighted by atomic mass is 16.3. The van der Waals surface area contributed by atoms with Gasteiger partial charge < -0.3 is 10.4 Å². The summed E-state index contributed by atoms with van der Waals surface area (Å²) in [6.07, 6.45) is 1.61. The van der Waals surface area contributed by atoms with Gasteiger partial charge in [0.15, 0.2) is 0 Å². The van der Waals surface area contributed by atoms with E-state index in [4.69, 9.17) is 0 Å². The van der Waals surface area contributed by atoms with Gasteiger partial charge in [-0.25, -0.2) is 0 Å². The van der Waals surface area contributed by atoms with Crippen molar-refractivity contribution in [2.75, 3.05) is 6.54 Å². The summed E-state index contributed by atoms with van der Waals surface area (Å²) in [6, 6.07) is 20.7. The molecule has 1 unspecified atom stereocenters. The summed E-state index contributed by atoms with van der Waals surface area (Å²) in [6.45, 7) is 2.77. The first kappa shape index (κ1) is 14.8. The first-order valence-corrected chi connectivity index (χ1v) is 7.30. The lowest BCUT2D eigenvalue weighted by atomic mass is 10.0. The summed E-state index contributed by atoms with van der Waals surface area (Å²) >= 11 is 0. The second-order valence-corrected chi connectivity index (χ2v) is 5.13. The number of benzene rings is 2. The lowest BCUT2D eigenvalue weighted by molar-refractivity contribution is 0.169. The molecule has 0 aliphatic rings. The summed E-state index contributed by atoms with van der Waals surface area (Å²) in [5.74, 6) is 0. The molecule has 0 saturated heterocycles. The molecule has 0 radical (unpaired) electrons. The van der Waals surface area contributed by atoms with E-state index in [0.29, 0.717) is 12.6 Å². The van der Waals surface area contributed by atoms with Crippen molar-refractivity contribution in [1.82, 2.24) is 5.32 Å². The lowest BCUT2D eigenvalue weighted by Crippen LogP contribution is -2.34. The maximum atomic E-state index is 10.2. The van der Waals surface area contributed by atoms with Gasteiger partial charge in [-0.05, 0) is 24.0 Å². The molecule has 0 fully saturated rings. The fourth-order valence-electron chi connectivity index (χ4n) is 2.33. The molecule has 0 amide bonds. The van der Waals surface area contributed by atoms with Gasteiger partial charge in [0.05, 0.1) is 6.10 Å². The van der Waals surface area contributed by atoms with Gasteiger partial charge in [0, 0.05) is 12.6 Å². The Morgan fingerprint density at radius 1 is 0.950 bits per heavy atom. The molecule has 2 rings (SSSR count). The van der Waals surface area contributed by atoms with Gasteiger partial charge in [-0.15, -0.1) is 0 Å². The van der Waals surface area contributed by atoms with Gasteiger partial charge in [-0.3, -0.25) is 0 Å². The minimum Gasteiger partial charge on any atom is -0.387 e. The number of hydrogen-bond donors (Lipinski definition) is 2. The van der Waals surface area contributed by atoms with E-state index in [1.807, 2.05) is 36.4 Å². The Morgan fingerprint density at radius 2 is 1.55 bits per heavy atom. The number of aliphatic hydroxyl groups excluding tert-OH is 1. The van der Waals surface area contributed by atoms with Crippen molar-refractivity contribution in [1.29, 1.82) is 0 Å². The van der Waals surface area contributed by atoms with E-state index in [1.165, 1.54) is 5.56 Å². The van der Waals surface area contributed by atoms with Crippen molar-refractivity contribution in [2.45, 2.75) is 31.9 Å². The van der Waals surface area contributed by atoms with E-state index >= 15 is 0 Å². The molecule has 0 aliphatic carbocycles. The van der Waals surface area contributed by atoms with Gasteiger partial charge in [0.25, 0.3) is 0 Å². The second-order valence-electron chi connectivity index (χ2n) is 5.13. The molecule has 2 N–H and O–H groups in total. The molecule has 2 atom stereocenters. The zero-order chi connectivity index (χ0) is 14.2. The molecule has 20 heavy (non-hydrogen) atoms. The van der Waals surface area contributed by atoms with Crippen molar-refractivity contribution in [2.24, 2.45) is 0 Å². The molecule has 106 valence electrons. The van der Waals surface area contributed by atoms with Gasteiger partial charge in [0.1, 0.15) is 0 Å². The molecule has 0 bridgehead atoms. The first-order valence-electron chi connectivity index (χ1n) is 7.30. The highest BCUT2D eigenvalue weighted by Crippen LogP contribution is 2.12. The van der Waals surface area contributed by atoms with E-state index in [2.05, 4.69) is 36.5 Å². The molecule has 2 aromatic carbocycles. The average Bonchev–Trinajstić information content (AvgIpc) is 2.53. The quantitative estimate of drug-likeness (QED) is 0.808. The van der Waals surface area contributed by atoms with Crippen molar-refractivity contribution < 1.29 is 5.11 Å². The highest BCUT2D eigenvalue weighted by Gasteiger charge is 2.11. The van der Waals surface area contributed by atoms with Crippen LogP contribution < -0.4 is 5.32 Å².